The van der Waals surface area contributed by atoms with Gasteiger partial charge in [0.05, 0.1) is 25.0 Å². The number of nitrogens with one attached hydrogen (secondary N) is 2. The molecule has 0 atom stereocenters. The maximum absolute atomic E-state index is 13.3. The van der Waals surface area contributed by atoms with Crippen molar-refractivity contribution in [2.45, 2.75) is 13.3 Å². The second-order valence-corrected chi connectivity index (χ2v) is 4.52. The first-order valence-electron chi connectivity index (χ1n) is 6.74. The van der Waals surface area contributed by atoms with E-state index in [1.54, 1.807) is 5.01 Å². The van der Waals surface area contributed by atoms with Crippen LogP contribution in [0.4, 0.5) is 10.2 Å². The summed E-state index contributed by atoms with van der Waals surface area (Å²) in [6.45, 7) is 5.06. The van der Waals surface area contributed by atoms with Crippen LogP contribution in [0.2, 0.25) is 0 Å². The van der Waals surface area contributed by atoms with E-state index in [1.165, 1.54) is 6.07 Å². The number of nitrogens with zero attached hydrogens (tertiary/aromatic N) is 2. The minimum Gasteiger partial charge on any atom is -0.379 e. The molecule has 2 N–H and O–H groups in total. The van der Waals surface area contributed by atoms with Crippen molar-refractivity contribution in [3.05, 3.63) is 23.6 Å². The normalized spacial score (nSPS) is 15.9. The van der Waals surface area contributed by atoms with Crippen LogP contribution in [-0.2, 0) is 4.74 Å². The number of rotatable bonds is 5. The Kier molecular flexibility index (Phi) is 5.25. The summed E-state index contributed by atoms with van der Waals surface area (Å²) in [6.07, 6.45) is 1.99. The SMILES string of the molecule is CCCNc1ncc(F)cc1C(=O)NN1CCOCC1. The lowest BCUT2D eigenvalue weighted by Crippen LogP contribution is -2.48. The van der Waals surface area contributed by atoms with E-state index >= 15 is 0 Å². The highest BCUT2D eigenvalue weighted by molar-refractivity contribution is 5.98. The van der Waals surface area contributed by atoms with E-state index in [0.29, 0.717) is 38.7 Å². The molecule has 0 unspecified atom stereocenters. The largest absolute Gasteiger partial charge is 0.379 e. The van der Waals surface area contributed by atoms with Gasteiger partial charge in [0.15, 0.2) is 0 Å². The van der Waals surface area contributed by atoms with E-state index in [1.807, 2.05) is 6.92 Å². The number of ether oxygens (including phenoxy) is 1. The number of hydrogen-bond donors (Lipinski definition) is 2. The van der Waals surface area contributed by atoms with E-state index in [-0.39, 0.29) is 11.5 Å². The molecule has 1 aromatic heterocycles. The highest BCUT2D eigenvalue weighted by atomic mass is 19.1. The van der Waals surface area contributed by atoms with Gasteiger partial charge in [-0.05, 0) is 12.5 Å². The fourth-order valence-electron chi connectivity index (χ4n) is 1.88. The average molecular weight is 282 g/mol. The minimum atomic E-state index is -0.529. The van der Waals surface area contributed by atoms with E-state index in [4.69, 9.17) is 4.74 Å². The van der Waals surface area contributed by atoms with Crippen molar-refractivity contribution in [1.82, 2.24) is 15.4 Å². The van der Waals surface area contributed by atoms with Gasteiger partial charge in [0.25, 0.3) is 5.91 Å². The third-order valence-corrected chi connectivity index (χ3v) is 2.91. The molecule has 1 fully saturated rings. The van der Waals surface area contributed by atoms with Gasteiger partial charge in [-0.25, -0.2) is 14.4 Å². The van der Waals surface area contributed by atoms with Crippen molar-refractivity contribution in [3.8, 4) is 0 Å². The lowest BCUT2D eigenvalue weighted by atomic mass is 10.2. The van der Waals surface area contributed by atoms with Gasteiger partial charge in [-0.1, -0.05) is 6.92 Å². The van der Waals surface area contributed by atoms with Crippen LogP contribution in [-0.4, -0.2) is 48.7 Å². The number of halogens is 1. The number of hydrogen-bond acceptors (Lipinski definition) is 5. The summed E-state index contributed by atoms with van der Waals surface area (Å²) < 4.78 is 18.5. The molecular formula is C13H19FN4O2. The molecule has 7 heteroatoms. The number of pyridine rings is 1. The Morgan fingerprint density at radius 3 is 2.95 bits per heavy atom. The number of morpholine rings is 1. The summed E-state index contributed by atoms with van der Waals surface area (Å²) in [4.78, 5) is 16.1. The van der Waals surface area contributed by atoms with Crippen molar-refractivity contribution >= 4 is 11.7 Å². The van der Waals surface area contributed by atoms with Crippen LogP contribution in [0.3, 0.4) is 0 Å². The topological polar surface area (TPSA) is 66.5 Å². The maximum atomic E-state index is 13.3. The zero-order valence-corrected chi connectivity index (χ0v) is 11.5. The van der Waals surface area contributed by atoms with Crippen molar-refractivity contribution in [2.24, 2.45) is 0 Å². The molecule has 1 aromatic rings. The molecule has 2 heterocycles. The van der Waals surface area contributed by atoms with Gasteiger partial charge >= 0.3 is 0 Å². The van der Waals surface area contributed by atoms with Crippen molar-refractivity contribution < 1.29 is 13.9 Å². The summed E-state index contributed by atoms with van der Waals surface area (Å²) in [5.41, 5.74) is 2.96. The lowest BCUT2D eigenvalue weighted by Gasteiger charge is -2.27. The Bertz CT molecular complexity index is 464. The Hall–Kier alpha value is -1.73. The van der Waals surface area contributed by atoms with Gasteiger partial charge in [0.2, 0.25) is 0 Å². The molecule has 0 spiro atoms. The molecule has 20 heavy (non-hydrogen) atoms. The monoisotopic (exact) mass is 282 g/mol. The quantitative estimate of drug-likeness (QED) is 0.844. The molecule has 0 bridgehead atoms. The molecule has 1 amide bonds. The van der Waals surface area contributed by atoms with Crippen LogP contribution < -0.4 is 10.7 Å². The molecule has 6 nitrogen and oxygen atoms in total. The third-order valence-electron chi connectivity index (χ3n) is 2.91. The van der Waals surface area contributed by atoms with Crippen molar-refractivity contribution in [1.29, 1.82) is 0 Å². The standard InChI is InChI=1S/C13H19FN4O2/c1-2-3-15-12-11(8-10(14)9-16-12)13(19)17-18-4-6-20-7-5-18/h8-9H,2-7H2,1H3,(H,15,16)(H,17,19). The predicted molar refractivity (Wildman–Crippen MR) is 72.8 cm³/mol. The molecule has 2 rings (SSSR count). The Balaban J connectivity index is 2.08. The lowest BCUT2D eigenvalue weighted by molar-refractivity contribution is 0.0126. The Morgan fingerprint density at radius 1 is 1.50 bits per heavy atom. The first-order chi connectivity index (χ1) is 9.70. The van der Waals surface area contributed by atoms with Gasteiger partial charge in [-0.15, -0.1) is 0 Å². The summed E-state index contributed by atoms with van der Waals surface area (Å²) in [7, 11) is 0. The molecule has 0 saturated carbocycles. The Morgan fingerprint density at radius 2 is 2.25 bits per heavy atom. The van der Waals surface area contributed by atoms with Crippen molar-refractivity contribution in [2.75, 3.05) is 38.2 Å². The number of aromatic nitrogens is 1. The predicted octanol–water partition coefficient (Wildman–Crippen LogP) is 1.02. The third kappa shape index (κ3) is 3.88. The van der Waals surface area contributed by atoms with E-state index < -0.39 is 5.82 Å². The number of hydrazine groups is 1. The average Bonchev–Trinajstić information content (AvgIpc) is 2.47. The molecule has 0 aromatic carbocycles. The van der Waals surface area contributed by atoms with Crippen LogP contribution in [0.5, 0.6) is 0 Å². The highest BCUT2D eigenvalue weighted by Crippen LogP contribution is 2.14. The van der Waals surface area contributed by atoms with Crippen molar-refractivity contribution in [3.63, 3.8) is 0 Å². The Labute approximate surface area is 117 Å². The van der Waals surface area contributed by atoms with Gasteiger partial charge in [-0.2, -0.15) is 0 Å². The zero-order valence-electron chi connectivity index (χ0n) is 11.5. The van der Waals surface area contributed by atoms with Gasteiger partial charge in [0.1, 0.15) is 11.6 Å². The summed E-state index contributed by atoms with van der Waals surface area (Å²) in [5, 5.41) is 4.79. The van der Waals surface area contributed by atoms with Crippen LogP contribution in [0.15, 0.2) is 12.3 Å². The zero-order chi connectivity index (χ0) is 14.4. The molecule has 1 saturated heterocycles. The molecule has 0 radical (unpaired) electrons. The molecule has 1 aliphatic heterocycles. The summed E-state index contributed by atoms with van der Waals surface area (Å²) >= 11 is 0. The fraction of sp³-hybridized carbons (Fsp3) is 0.538. The van der Waals surface area contributed by atoms with E-state index in [2.05, 4.69) is 15.7 Å². The van der Waals surface area contributed by atoms with E-state index in [0.717, 1.165) is 12.6 Å². The van der Waals surface area contributed by atoms with Gasteiger partial charge in [-0.3, -0.25) is 10.2 Å². The molecule has 1 aliphatic rings. The van der Waals surface area contributed by atoms with Crippen LogP contribution in [0.1, 0.15) is 23.7 Å². The first kappa shape index (κ1) is 14.7. The molecular weight excluding hydrogens is 263 g/mol. The number of carbonyl (C=O) groups excluding carboxylic acids is 1. The van der Waals surface area contributed by atoms with E-state index in [9.17, 15) is 9.18 Å². The van der Waals surface area contributed by atoms with Crippen LogP contribution in [0.25, 0.3) is 0 Å². The summed E-state index contributed by atoms with van der Waals surface area (Å²) in [6, 6.07) is 1.20. The van der Waals surface area contributed by atoms with Crippen LogP contribution >= 0.6 is 0 Å². The number of carbonyl (C=O) groups is 1. The number of amides is 1. The minimum absolute atomic E-state index is 0.213. The smallest absolute Gasteiger partial charge is 0.269 e. The first-order valence-corrected chi connectivity index (χ1v) is 6.74. The van der Waals surface area contributed by atoms with Gasteiger partial charge in [0, 0.05) is 19.6 Å². The highest BCUT2D eigenvalue weighted by Gasteiger charge is 2.18. The second kappa shape index (κ2) is 7.16. The fourth-order valence-corrected chi connectivity index (χ4v) is 1.88. The molecule has 0 aliphatic carbocycles. The molecule has 110 valence electrons. The number of anilines is 1. The summed E-state index contributed by atoms with van der Waals surface area (Å²) in [5.74, 6) is -0.490. The van der Waals surface area contributed by atoms with Crippen LogP contribution in [0, 0.1) is 5.82 Å². The maximum Gasteiger partial charge on any atom is 0.269 e. The second-order valence-electron chi connectivity index (χ2n) is 4.52. The van der Waals surface area contributed by atoms with Gasteiger partial charge < -0.3 is 10.1 Å².